The number of ether oxygens (including phenoxy) is 2. The van der Waals surface area contributed by atoms with Gasteiger partial charge in [0.1, 0.15) is 5.76 Å². The van der Waals surface area contributed by atoms with E-state index in [9.17, 15) is 4.79 Å². The molecule has 0 bridgehead atoms. The van der Waals surface area contributed by atoms with Gasteiger partial charge in [0.05, 0.1) is 18.3 Å². The van der Waals surface area contributed by atoms with E-state index in [0.717, 1.165) is 5.76 Å². The Balaban J connectivity index is 1.96. The van der Waals surface area contributed by atoms with Gasteiger partial charge in [0.15, 0.2) is 0 Å². The van der Waals surface area contributed by atoms with Crippen LogP contribution in [0.2, 0.25) is 0 Å². The van der Waals surface area contributed by atoms with Crippen LogP contribution < -0.4 is 0 Å². The molecule has 0 fully saturated rings. The molecule has 1 aliphatic rings. The minimum absolute atomic E-state index is 0.233. The Labute approximate surface area is 142 Å². The van der Waals surface area contributed by atoms with Crippen LogP contribution in [0.1, 0.15) is 66.3 Å². The third-order valence-electron chi connectivity index (χ3n) is 4.70. The SMILES string of the molecule is COC(=O)c1ccc(Cc2cc3c(cc2C)C(C)(C)OC3(C)C)o1. The van der Waals surface area contributed by atoms with Crippen molar-refractivity contribution in [2.24, 2.45) is 0 Å². The van der Waals surface area contributed by atoms with Gasteiger partial charge in [-0.05, 0) is 69.0 Å². The predicted octanol–water partition coefficient (Wildman–Crippen LogP) is 4.47. The van der Waals surface area contributed by atoms with Gasteiger partial charge in [-0.2, -0.15) is 0 Å². The smallest absolute Gasteiger partial charge is 0.373 e. The first-order chi connectivity index (χ1) is 11.1. The summed E-state index contributed by atoms with van der Waals surface area (Å²) in [5.74, 6) is 0.522. The van der Waals surface area contributed by atoms with E-state index in [4.69, 9.17) is 9.15 Å². The van der Waals surface area contributed by atoms with Gasteiger partial charge < -0.3 is 13.9 Å². The number of fused-ring (bicyclic) bond motifs is 1. The van der Waals surface area contributed by atoms with Crippen LogP contribution >= 0.6 is 0 Å². The molecule has 3 rings (SSSR count). The Bertz CT molecular complexity index is 796. The molecule has 0 amide bonds. The lowest BCUT2D eigenvalue weighted by Crippen LogP contribution is -2.22. The van der Waals surface area contributed by atoms with Gasteiger partial charge in [0.2, 0.25) is 5.76 Å². The molecule has 4 nitrogen and oxygen atoms in total. The zero-order valence-corrected chi connectivity index (χ0v) is 15.1. The first kappa shape index (κ1) is 16.8. The van der Waals surface area contributed by atoms with Crippen LogP contribution in [0.3, 0.4) is 0 Å². The Morgan fingerprint density at radius 1 is 1.08 bits per heavy atom. The fourth-order valence-electron chi connectivity index (χ4n) is 3.56. The number of furan rings is 1. The summed E-state index contributed by atoms with van der Waals surface area (Å²) in [6, 6.07) is 7.90. The molecule has 0 radical (unpaired) electrons. The van der Waals surface area contributed by atoms with E-state index in [1.165, 1.54) is 29.4 Å². The topological polar surface area (TPSA) is 48.7 Å². The molecule has 24 heavy (non-hydrogen) atoms. The Hall–Kier alpha value is -2.07. The van der Waals surface area contributed by atoms with Gasteiger partial charge in [-0.3, -0.25) is 0 Å². The van der Waals surface area contributed by atoms with Gasteiger partial charge >= 0.3 is 5.97 Å². The van der Waals surface area contributed by atoms with E-state index in [0.29, 0.717) is 6.42 Å². The first-order valence-corrected chi connectivity index (χ1v) is 8.16. The summed E-state index contributed by atoms with van der Waals surface area (Å²) in [5.41, 5.74) is 4.22. The number of methoxy groups -OCH3 is 1. The molecule has 0 N–H and O–H groups in total. The summed E-state index contributed by atoms with van der Waals surface area (Å²) in [6.45, 7) is 10.5. The van der Waals surface area contributed by atoms with Crippen LogP contribution in [0.4, 0.5) is 0 Å². The third kappa shape index (κ3) is 2.75. The highest BCUT2D eigenvalue weighted by atomic mass is 16.5. The molecule has 2 aromatic rings. The maximum Gasteiger partial charge on any atom is 0.373 e. The molecule has 2 heterocycles. The molecular formula is C20H24O4. The molecular weight excluding hydrogens is 304 g/mol. The van der Waals surface area contributed by atoms with Crippen molar-refractivity contribution in [2.45, 2.75) is 52.2 Å². The van der Waals surface area contributed by atoms with E-state index in [-0.39, 0.29) is 17.0 Å². The number of esters is 1. The maximum atomic E-state index is 11.5. The zero-order chi connectivity index (χ0) is 17.7. The van der Waals surface area contributed by atoms with Gasteiger partial charge in [-0.25, -0.2) is 4.79 Å². The highest BCUT2D eigenvalue weighted by Crippen LogP contribution is 2.47. The molecule has 1 aromatic heterocycles. The molecule has 0 unspecified atom stereocenters. The van der Waals surface area contributed by atoms with Gasteiger partial charge in [-0.1, -0.05) is 12.1 Å². The maximum absolute atomic E-state index is 11.5. The lowest BCUT2D eigenvalue weighted by Gasteiger charge is -2.24. The standard InChI is InChI=1S/C20H24O4/c1-12-9-15-16(20(4,5)24-19(15,2)3)11-13(12)10-14-7-8-17(23-14)18(21)22-6/h7-9,11H,10H2,1-6H3. The molecule has 4 heteroatoms. The second-order valence-corrected chi connectivity index (χ2v) is 7.38. The molecule has 0 atom stereocenters. The van der Waals surface area contributed by atoms with Crippen LogP contribution in [0, 0.1) is 6.92 Å². The molecule has 1 aliphatic heterocycles. The largest absolute Gasteiger partial charge is 0.463 e. The van der Waals surface area contributed by atoms with Crippen molar-refractivity contribution >= 4 is 5.97 Å². The highest BCUT2D eigenvalue weighted by Gasteiger charge is 2.43. The summed E-state index contributed by atoms with van der Waals surface area (Å²) in [4.78, 5) is 11.5. The molecule has 0 saturated heterocycles. The minimum Gasteiger partial charge on any atom is -0.463 e. The Kier molecular flexibility index (Phi) is 3.83. The van der Waals surface area contributed by atoms with Crippen LogP contribution in [0.15, 0.2) is 28.7 Å². The number of benzene rings is 1. The summed E-state index contributed by atoms with van der Waals surface area (Å²) >= 11 is 0. The van der Waals surface area contributed by atoms with Crippen LogP contribution in [0.25, 0.3) is 0 Å². The number of rotatable bonds is 3. The van der Waals surface area contributed by atoms with Gasteiger partial charge in [-0.15, -0.1) is 0 Å². The molecule has 1 aromatic carbocycles. The quantitative estimate of drug-likeness (QED) is 0.780. The molecule has 0 saturated carbocycles. The zero-order valence-electron chi connectivity index (χ0n) is 15.1. The lowest BCUT2D eigenvalue weighted by molar-refractivity contribution is -0.105. The number of hydrogen-bond acceptors (Lipinski definition) is 4. The van der Waals surface area contributed by atoms with Crippen molar-refractivity contribution in [3.63, 3.8) is 0 Å². The average Bonchev–Trinajstić information content (AvgIpc) is 3.01. The number of carbonyl (C=O) groups is 1. The third-order valence-corrected chi connectivity index (χ3v) is 4.70. The summed E-state index contributed by atoms with van der Waals surface area (Å²) < 4.78 is 16.5. The fourth-order valence-corrected chi connectivity index (χ4v) is 3.56. The van der Waals surface area contributed by atoms with E-state index >= 15 is 0 Å². The fraction of sp³-hybridized carbons (Fsp3) is 0.450. The van der Waals surface area contributed by atoms with E-state index in [1.54, 1.807) is 6.07 Å². The molecule has 0 aliphatic carbocycles. The summed E-state index contributed by atoms with van der Waals surface area (Å²) in [6.07, 6.45) is 0.632. The van der Waals surface area contributed by atoms with Crippen molar-refractivity contribution < 1.29 is 18.7 Å². The molecule has 0 spiro atoms. The number of carbonyl (C=O) groups excluding carboxylic acids is 1. The van der Waals surface area contributed by atoms with Gasteiger partial charge in [0.25, 0.3) is 0 Å². The lowest BCUT2D eigenvalue weighted by atomic mass is 9.86. The highest BCUT2D eigenvalue weighted by molar-refractivity contribution is 5.86. The van der Waals surface area contributed by atoms with Crippen molar-refractivity contribution in [3.05, 3.63) is 58.0 Å². The minimum atomic E-state index is -0.455. The van der Waals surface area contributed by atoms with Crippen molar-refractivity contribution in [3.8, 4) is 0 Å². The van der Waals surface area contributed by atoms with E-state index < -0.39 is 5.97 Å². The van der Waals surface area contributed by atoms with Crippen LogP contribution in [-0.2, 0) is 27.1 Å². The van der Waals surface area contributed by atoms with E-state index in [1.807, 2.05) is 6.07 Å². The molecule has 128 valence electrons. The number of aryl methyl sites for hydroxylation is 1. The Morgan fingerprint density at radius 3 is 2.33 bits per heavy atom. The Morgan fingerprint density at radius 2 is 1.71 bits per heavy atom. The van der Waals surface area contributed by atoms with Crippen molar-refractivity contribution in [1.29, 1.82) is 0 Å². The van der Waals surface area contributed by atoms with Crippen molar-refractivity contribution in [2.75, 3.05) is 7.11 Å². The average molecular weight is 328 g/mol. The van der Waals surface area contributed by atoms with Crippen molar-refractivity contribution in [1.82, 2.24) is 0 Å². The predicted molar refractivity (Wildman–Crippen MR) is 91.2 cm³/mol. The normalized spacial score (nSPS) is 17.6. The second-order valence-electron chi connectivity index (χ2n) is 7.38. The monoisotopic (exact) mass is 328 g/mol. The second kappa shape index (κ2) is 5.49. The van der Waals surface area contributed by atoms with Crippen LogP contribution in [-0.4, -0.2) is 13.1 Å². The number of hydrogen-bond donors (Lipinski definition) is 0. The van der Waals surface area contributed by atoms with Crippen LogP contribution in [0.5, 0.6) is 0 Å². The van der Waals surface area contributed by atoms with Gasteiger partial charge in [0, 0.05) is 6.42 Å². The first-order valence-electron chi connectivity index (χ1n) is 8.16. The summed E-state index contributed by atoms with van der Waals surface area (Å²) in [5, 5.41) is 0. The summed E-state index contributed by atoms with van der Waals surface area (Å²) in [7, 11) is 1.35. The van der Waals surface area contributed by atoms with E-state index in [2.05, 4.69) is 51.5 Å².